The van der Waals surface area contributed by atoms with E-state index in [4.69, 9.17) is 0 Å². The van der Waals surface area contributed by atoms with Gasteiger partial charge in [-0.2, -0.15) is 0 Å². The Morgan fingerprint density at radius 3 is 2.28 bits per heavy atom. The van der Waals surface area contributed by atoms with E-state index >= 15 is 0 Å². The minimum atomic E-state index is -0.881. The molecule has 1 rings (SSSR count). The minimum absolute atomic E-state index is 0.258. The molecule has 0 aliphatic heterocycles. The molecule has 1 N–H and O–H groups in total. The predicted molar refractivity (Wildman–Crippen MR) is 74.0 cm³/mol. The van der Waals surface area contributed by atoms with E-state index in [0.717, 1.165) is 12.1 Å². The summed E-state index contributed by atoms with van der Waals surface area (Å²) in [6.07, 6.45) is 0.651. The predicted octanol–water partition coefficient (Wildman–Crippen LogP) is 4.02. The van der Waals surface area contributed by atoms with Crippen LogP contribution in [0.15, 0.2) is 16.6 Å². The van der Waals surface area contributed by atoms with Crippen molar-refractivity contribution in [3.05, 3.63) is 33.8 Å². The smallest absolute Gasteiger partial charge is 0.257 e. The lowest BCUT2D eigenvalue weighted by atomic mass is 10.0. The number of benzene rings is 1. The minimum Gasteiger partial charge on any atom is -0.347 e. The van der Waals surface area contributed by atoms with Gasteiger partial charge in [-0.05, 0) is 32.4 Å². The molecule has 1 amide bonds. The second kappa shape index (κ2) is 6.10. The molecule has 0 saturated carbocycles. The van der Waals surface area contributed by atoms with E-state index in [1.807, 2.05) is 0 Å². The van der Waals surface area contributed by atoms with Crippen LogP contribution < -0.4 is 5.32 Å². The van der Waals surface area contributed by atoms with Crippen molar-refractivity contribution >= 4 is 37.8 Å². The zero-order chi connectivity index (χ0) is 13.9. The van der Waals surface area contributed by atoms with E-state index in [1.54, 1.807) is 13.8 Å². The molecule has 0 atom stereocenters. The summed E-state index contributed by atoms with van der Waals surface area (Å²) in [6.45, 7) is 3.58. The fraction of sp³-hybridized carbons (Fsp3) is 0.417. The van der Waals surface area contributed by atoms with Crippen molar-refractivity contribution in [2.24, 2.45) is 0 Å². The second-order valence-corrected chi connectivity index (χ2v) is 6.23. The van der Waals surface area contributed by atoms with Crippen molar-refractivity contribution in [2.45, 2.75) is 25.8 Å². The van der Waals surface area contributed by atoms with E-state index in [-0.39, 0.29) is 4.47 Å². The Kier molecular flexibility index (Phi) is 5.28. The van der Waals surface area contributed by atoms with Gasteiger partial charge in [-0.1, -0.05) is 31.9 Å². The molecule has 0 bridgehead atoms. The van der Waals surface area contributed by atoms with Crippen LogP contribution in [0.2, 0.25) is 0 Å². The zero-order valence-corrected chi connectivity index (χ0v) is 13.2. The molecule has 0 aromatic heterocycles. The summed E-state index contributed by atoms with van der Waals surface area (Å²) in [7, 11) is 0. The number of rotatable bonds is 4. The molecule has 0 aliphatic rings. The van der Waals surface area contributed by atoms with Crippen LogP contribution in [0.4, 0.5) is 8.78 Å². The van der Waals surface area contributed by atoms with Gasteiger partial charge in [0.05, 0.1) is 0 Å². The first-order valence-electron chi connectivity index (χ1n) is 5.30. The number of hydrogen-bond acceptors (Lipinski definition) is 1. The Labute approximate surface area is 121 Å². The third-order valence-corrected chi connectivity index (χ3v) is 3.26. The first kappa shape index (κ1) is 15.6. The number of nitrogens with one attached hydrogen (secondary N) is 1. The highest BCUT2D eigenvalue weighted by Gasteiger charge is 2.24. The summed E-state index contributed by atoms with van der Waals surface area (Å²) >= 11 is 6.23. The normalized spacial score (nSPS) is 11.4. The molecule has 6 heteroatoms. The number of amides is 1. The monoisotopic (exact) mass is 383 g/mol. The molecule has 18 heavy (non-hydrogen) atoms. The van der Waals surface area contributed by atoms with Crippen molar-refractivity contribution in [3.63, 3.8) is 0 Å². The lowest BCUT2D eigenvalue weighted by Gasteiger charge is -2.25. The van der Waals surface area contributed by atoms with Crippen molar-refractivity contribution in [2.75, 3.05) is 5.33 Å². The van der Waals surface area contributed by atoms with Crippen LogP contribution in [0.1, 0.15) is 30.6 Å². The molecule has 0 unspecified atom stereocenters. The van der Waals surface area contributed by atoms with Crippen LogP contribution in [0.3, 0.4) is 0 Å². The Balaban J connectivity index is 2.98. The Hall–Kier alpha value is -0.490. The maximum atomic E-state index is 13.6. The van der Waals surface area contributed by atoms with Gasteiger partial charge in [-0.25, -0.2) is 8.78 Å². The maximum Gasteiger partial charge on any atom is 0.257 e. The van der Waals surface area contributed by atoms with Crippen molar-refractivity contribution in [3.8, 4) is 0 Å². The van der Waals surface area contributed by atoms with E-state index in [9.17, 15) is 13.6 Å². The first-order chi connectivity index (χ1) is 8.26. The average Bonchev–Trinajstić information content (AvgIpc) is 2.13. The molecule has 0 aliphatic carbocycles. The topological polar surface area (TPSA) is 29.1 Å². The first-order valence-corrected chi connectivity index (χ1v) is 7.21. The van der Waals surface area contributed by atoms with Gasteiger partial charge in [-0.3, -0.25) is 4.79 Å². The number of halogens is 4. The van der Waals surface area contributed by atoms with Crippen LogP contribution in [-0.2, 0) is 0 Å². The van der Waals surface area contributed by atoms with Gasteiger partial charge >= 0.3 is 0 Å². The fourth-order valence-electron chi connectivity index (χ4n) is 1.43. The molecule has 2 nitrogen and oxygen atoms in total. The zero-order valence-electron chi connectivity index (χ0n) is 9.99. The average molecular weight is 385 g/mol. The van der Waals surface area contributed by atoms with E-state index in [1.165, 1.54) is 0 Å². The standard InChI is InChI=1S/C12H13Br2F2NO/c1-12(2,3-4-13)17-11(18)10-8(15)5-7(14)6-9(10)16/h5-6H,3-4H2,1-2H3,(H,17,18). The summed E-state index contributed by atoms with van der Waals surface area (Å²) in [5, 5.41) is 3.30. The van der Waals surface area contributed by atoms with E-state index in [0.29, 0.717) is 11.8 Å². The molecule has 0 radical (unpaired) electrons. The highest BCUT2D eigenvalue weighted by atomic mass is 79.9. The van der Waals surface area contributed by atoms with E-state index in [2.05, 4.69) is 37.2 Å². The van der Waals surface area contributed by atoms with Crippen molar-refractivity contribution in [1.82, 2.24) is 5.32 Å². The Morgan fingerprint density at radius 2 is 1.83 bits per heavy atom. The largest absolute Gasteiger partial charge is 0.347 e. The van der Waals surface area contributed by atoms with Crippen LogP contribution in [0, 0.1) is 11.6 Å². The molecule has 100 valence electrons. The van der Waals surface area contributed by atoms with Gasteiger partial charge in [0.2, 0.25) is 0 Å². The molecule has 0 heterocycles. The van der Waals surface area contributed by atoms with Gasteiger partial charge < -0.3 is 5.32 Å². The molecule has 1 aromatic rings. The molecule has 0 saturated heterocycles. The Morgan fingerprint density at radius 1 is 1.33 bits per heavy atom. The third-order valence-electron chi connectivity index (χ3n) is 2.41. The van der Waals surface area contributed by atoms with Crippen LogP contribution in [0.25, 0.3) is 0 Å². The highest BCUT2D eigenvalue weighted by Crippen LogP contribution is 2.20. The quantitative estimate of drug-likeness (QED) is 0.780. The van der Waals surface area contributed by atoms with Gasteiger partial charge in [0.25, 0.3) is 5.91 Å². The second-order valence-electron chi connectivity index (χ2n) is 4.52. The number of carbonyl (C=O) groups is 1. The van der Waals surface area contributed by atoms with Crippen LogP contribution in [0.5, 0.6) is 0 Å². The molecule has 0 spiro atoms. The number of alkyl halides is 1. The number of hydrogen-bond donors (Lipinski definition) is 1. The fourth-order valence-corrected chi connectivity index (χ4v) is 2.82. The lowest BCUT2D eigenvalue weighted by molar-refractivity contribution is 0.0903. The summed E-state index contributed by atoms with van der Waals surface area (Å²) in [6, 6.07) is 2.13. The summed E-state index contributed by atoms with van der Waals surface area (Å²) in [5.74, 6) is -2.51. The van der Waals surface area contributed by atoms with Gasteiger partial charge in [0, 0.05) is 15.3 Å². The van der Waals surface area contributed by atoms with E-state index < -0.39 is 28.6 Å². The molecule has 1 aromatic carbocycles. The van der Waals surface area contributed by atoms with Crippen molar-refractivity contribution < 1.29 is 13.6 Å². The van der Waals surface area contributed by atoms with Crippen molar-refractivity contribution in [1.29, 1.82) is 0 Å². The SMILES string of the molecule is CC(C)(CCBr)NC(=O)c1c(F)cc(Br)cc1F. The summed E-state index contributed by atoms with van der Waals surface area (Å²) in [4.78, 5) is 11.9. The van der Waals surface area contributed by atoms with Gasteiger partial charge in [0.1, 0.15) is 17.2 Å². The molecule has 0 fully saturated rings. The highest BCUT2D eigenvalue weighted by molar-refractivity contribution is 9.10. The number of carbonyl (C=O) groups excluding carboxylic acids is 1. The summed E-state index contributed by atoms with van der Waals surface area (Å²) in [5.41, 5.74) is -1.09. The Bertz CT molecular complexity index is 440. The third kappa shape index (κ3) is 4.02. The van der Waals surface area contributed by atoms with Crippen LogP contribution in [-0.4, -0.2) is 16.8 Å². The van der Waals surface area contributed by atoms with Gasteiger partial charge in [-0.15, -0.1) is 0 Å². The molecular formula is C12H13Br2F2NO. The van der Waals surface area contributed by atoms with Gasteiger partial charge in [0.15, 0.2) is 0 Å². The lowest BCUT2D eigenvalue weighted by Crippen LogP contribution is -2.44. The maximum absolute atomic E-state index is 13.6. The van der Waals surface area contributed by atoms with Crippen LogP contribution >= 0.6 is 31.9 Å². The summed E-state index contributed by atoms with van der Waals surface area (Å²) < 4.78 is 27.4. The molecular weight excluding hydrogens is 372 g/mol.